The molecule has 1 fully saturated rings. The number of amides is 1. The summed E-state index contributed by atoms with van der Waals surface area (Å²) < 4.78 is 7.63. The van der Waals surface area contributed by atoms with Crippen molar-refractivity contribution in [3.63, 3.8) is 0 Å². The Morgan fingerprint density at radius 2 is 1.95 bits per heavy atom. The van der Waals surface area contributed by atoms with E-state index in [1.165, 1.54) is 11.8 Å². The van der Waals surface area contributed by atoms with E-state index < -0.39 is 5.60 Å². The molecule has 1 amide bonds. The number of carbonyl (C=O) groups is 1. The molecule has 1 saturated heterocycles. The van der Waals surface area contributed by atoms with Crippen molar-refractivity contribution in [2.24, 2.45) is 7.05 Å². The number of nitriles is 1. The zero-order chi connectivity index (χ0) is 27.6. The molecule has 0 aromatic carbocycles. The Balaban J connectivity index is 1.65. The van der Waals surface area contributed by atoms with Crippen LogP contribution in [0, 0.1) is 11.3 Å². The molecule has 11 heteroatoms. The van der Waals surface area contributed by atoms with Gasteiger partial charge in [-0.25, -0.2) is 19.7 Å². The van der Waals surface area contributed by atoms with Crippen LogP contribution in [-0.2, 0) is 18.2 Å². The van der Waals surface area contributed by atoms with Crippen molar-refractivity contribution in [1.29, 1.82) is 5.26 Å². The van der Waals surface area contributed by atoms with E-state index in [4.69, 9.17) is 9.72 Å². The second kappa shape index (κ2) is 11.1. The Labute approximate surface area is 228 Å². The van der Waals surface area contributed by atoms with Crippen molar-refractivity contribution in [2.75, 3.05) is 42.7 Å². The molecule has 3 aromatic rings. The maximum atomic E-state index is 12.6. The molecule has 0 saturated carbocycles. The fourth-order valence-electron chi connectivity index (χ4n) is 4.54. The molecule has 1 unspecified atom stereocenters. The monoisotopic (exact) mass is 536 g/mol. The summed E-state index contributed by atoms with van der Waals surface area (Å²) in [6.45, 7) is 12.1. The number of pyridine rings is 1. The van der Waals surface area contributed by atoms with Gasteiger partial charge in [0.15, 0.2) is 5.16 Å². The van der Waals surface area contributed by atoms with E-state index in [0.29, 0.717) is 49.1 Å². The number of thioether (sulfide) groups is 1. The molecule has 1 aliphatic heterocycles. The zero-order valence-corrected chi connectivity index (χ0v) is 24.0. The van der Waals surface area contributed by atoms with Crippen LogP contribution in [-0.4, -0.2) is 68.5 Å². The molecule has 0 spiro atoms. The highest BCUT2D eigenvalue weighted by Gasteiger charge is 2.28. The average molecular weight is 537 g/mol. The molecule has 10 nitrogen and oxygen atoms in total. The number of nitrogens with one attached hydrogen (secondary N) is 1. The first kappa shape index (κ1) is 27.5. The molecule has 0 aliphatic carbocycles. The van der Waals surface area contributed by atoms with Gasteiger partial charge in [-0.3, -0.25) is 0 Å². The van der Waals surface area contributed by atoms with Crippen LogP contribution in [0.4, 0.5) is 16.3 Å². The van der Waals surface area contributed by atoms with E-state index in [-0.39, 0.29) is 12.1 Å². The minimum absolute atomic E-state index is 0.236. The number of hydrogen-bond donors (Lipinski definition) is 1. The number of fused-ring (bicyclic) bond motifs is 1. The second-order valence-electron chi connectivity index (χ2n) is 10.4. The van der Waals surface area contributed by atoms with E-state index in [1.54, 1.807) is 4.90 Å². The lowest BCUT2D eigenvalue weighted by molar-refractivity contribution is 0.0240. The van der Waals surface area contributed by atoms with Crippen LogP contribution in [0.3, 0.4) is 0 Å². The van der Waals surface area contributed by atoms with Gasteiger partial charge in [-0.1, -0.05) is 18.7 Å². The van der Waals surface area contributed by atoms with Crippen LogP contribution in [0.25, 0.3) is 11.0 Å². The summed E-state index contributed by atoms with van der Waals surface area (Å²) in [5.41, 5.74) is 4.45. The number of rotatable bonds is 6. The molecular weight excluding hydrogens is 500 g/mol. The first-order valence-corrected chi connectivity index (χ1v) is 14.1. The van der Waals surface area contributed by atoms with Gasteiger partial charge >= 0.3 is 6.09 Å². The topological polar surface area (TPSA) is 112 Å². The van der Waals surface area contributed by atoms with Gasteiger partial charge in [-0.05, 0) is 52.5 Å². The van der Waals surface area contributed by atoms with Crippen molar-refractivity contribution in [1.82, 2.24) is 24.4 Å². The second-order valence-corrected chi connectivity index (χ2v) is 11.2. The quantitative estimate of drug-likeness (QED) is 0.352. The van der Waals surface area contributed by atoms with E-state index in [2.05, 4.69) is 36.9 Å². The van der Waals surface area contributed by atoms with Gasteiger partial charge in [0.1, 0.15) is 23.1 Å². The minimum Gasteiger partial charge on any atom is -0.444 e. The first-order chi connectivity index (χ1) is 18.0. The fourth-order valence-corrected chi connectivity index (χ4v) is 4.93. The SMILES string of the molecule is CCc1nc(SC)nc(NC(C)c2nc3ccn(C)c3cc2N2CCN(C(=O)OC(C)(C)C)CC2)c1C#N. The minimum atomic E-state index is -0.527. The number of nitrogens with zero attached hydrogens (tertiary/aromatic N) is 7. The van der Waals surface area contributed by atoms with Gasteiger partial charge in [-0.2, -0.15) is 5.26 Å². The van der Waals surface area contributed by atoms with Crippen molar-refractivity contribution < 1.29 is 9.53 Å². The maximum absolute atomic E-state index is 12.6. The summed E-state index contributed by atoms with van der Waals surface area (Å²) in [5, 5.41) is 14.0. The Bertz CT molecular complexity index is 1370. The number of hydrogen-bond acceptors (Lipinski definition) is 9. The molecule has 1 N–H and O–H groups in total. The summed E-state index contributed by atoms with van der Waals surface area (Å²) in [4.78, 5) is 30.8. The van der Waals surface area contributed by atoms with Crippen LogP contribution in [0.5, 0.6) is 0 Å². The molecule has 4 rings (SSSR count). The van der Waals surface area contributed by atoms with Gasteiger partial charge in [-0.15, -0.1) is 0 Å². The van der Waals surface area contributed by atoms with Gasteiger partial charge in [0, 0.05) is 39.4 Å². The van der Waals surface area contributed by atoms with Crippen LogP contribution < -0.4 is 10.2 Å². The van der Waals surface area contributed by atoms with Crippen LogP contribution in [0.15, 0.2) is 23.5 Å². The van der Waals surface area contributed by atoms with Crippen molar-refractivity contribution >= 4 is 40.4 Å². The Hall–Kier alpha value is -3.52. The van der Waals surface area contributed by atoms with Crippen LogP contribution in [0.2, 0.25) is 0 Å². The molecule has 202 valence electrons. The van der Waals surface area contributed by atoms with Crippen LogP contribution in [0.1, 0.15) is 57.6 Å². The summed E-state index contributed by atoms with van der Waals surface area (Å²) in [6.07, 6.45) is 4.28. The molecule has 0 radical (unpaired) electrons. The number of carbonyl (C=O) groups excluding carboxylic acids is 1. The highest BCUT2D eigenvalue weighted by Crippen LogP contribution is 2.33. The molecule has 3 aromatic heterocycles. The Kier molecular flexibility index (Phi) is 8.02. The highest BCUT2D eigenvalue weighted by atomic mass is 32.2. The largest absolute Gasteiger partial charge is 0.444 e. The number of piperazine rings is 1. The van der Waals surface area contributed by atoms with Gasteiger partial charge < -0.3 is 24.4 Å². The standard InChI is InChI=1S/C27H36N8O2S/c1-8-19-18(16-28)24(32-25(31-19)38-7)29-17(2)23-22(15-21-20(30-23)9-10-33(21)6)34-11-13-35(14-12-34)26(36)37-27(3,4)5/h9-10,15,17H,8,11-14H2,1-7H3,(H,29,31,32). The van der Waals surface area contributed by atoms with E-state index >= 15 is 0 Å². The van der Waals surface area contributed by atoms with Crippen molar-refractivity contribution in [2.45, 2.75) is 57.8 Å². The number of aromatic nitrogens is 4. The van der Waals surface area contributed by atoms with E-state index in [1.807, 2.05) is 60.2 Å². The molecule has 1 aliphatic rings. The molecule has 0 bridgehead atoms. The van der Waals surface area contributed by atoms with Crippen molar-refractivity contribution in [3.8, 4) is 6.07 Å². The van der Waals surface area contributed by atoms with E-state index in [9.17, 15) is 10.1 Å². The molecule has 4 heterocycles. The lowest BCUT2D eigenvalue weighted by atomic mass is 10.1. The average Bonchev–Trinajstić information content (AvgIpc) is 3.26. The number of aryl methyl sites for hydroxylation is 2. The third-order valence-corrected chi connectivity index (χ3v) is 7.05. The Morgan fingerprint density at radius 3 is 2.55 bits per heavy atom. The Morgan fingerprint density at radius 1 is 1.24 bits per heavy atom. The normalized spacial score (nSPS) is 14.9. The van der Waals surface area contributed by atoms with Gasteiger partial charge in [0.25, 0.3) is 0 Å². The summed E-state index contributed by atoms with van der Waals surface area (Å²) in [5.74, 6) is 0.520. The third kappa shape index (κ3) is 5.80. The van der Waals surface area contributed by atoms with E-state index in [0.717, 1.165) is 28.1 Å². The smallest absolute Gasteiger partial charge is 0.410 e. The first-order valence-electron chi connectivity index (χ1n) is 12.8. The lowest BCUT2D eigenvalue weighted by Gasteiger charge is -2.37. The lowest BCUT2D eigenvalue weighted by Crippen LogP contribution is -2.50. The fraction of sp³-hybridized carbons (Fsp3) is 0.519. The summed E-state index contributed by atoms with van der Waals surface area (Å²) >= 11 is 1.45. The molecular formula is C27H36N8O2S. The summed E-state index contributed by atoms with van der Waals surface area (Å²) in [6, 6.07) is 6.21. The van der Waals surface area contributed by atoms with Crippen molar-refractivity contribution in [3.05, 3.63) is 35.3 Å². The maximum Gasteiger partial charge on any atom is 0.410 e. The van der Waals surface area contributed by atoms with Gasteiger partial charge in [0.05, 0.1) is 34.2 Å². The predicted molar refractivity (Wildman–Crippen MR) is 151 cm³/mol. The number of anilines is 2. The predicted octanol–water partition coefficient (Wildman–Crippen LogP) is 4.75. The molecule has 1 atom stereocenters. The van der Waals surface area contributed by atoms with Crippen LogP contribution >= 0.6 is 11.8 Å². The third-order valence-electron chi connectivity index (χ3n) is 6.50. The zero-order valence-electron chi connectivity index (χ0n) is 23.2. The highest BCUT2D eigenvalue weighted by molar-refractivity contribution is 7.98. The van der Waals surface area contributed by atoms with Gasteiger partial charge in [0.2, 0.25) is 0 Å². The number of ether oxygens (including phenoxy) is 1. The molecule has 38 heavy (non-hydrogen) atoms. The summed E-state index contributed by atoms with van der Waals surface area (Å²) in [7, 11) is 2.01.